The minimum Gasteiger partial charge on any atom is -0.380 e. The highest BCUT2D eigenvalue weighted by molar-refractivity contribution is 5.00. The first kappa shape index (κ1) is 10.9. The maximum atomic E-state index is 8.65. The lowest BCUT2D eigenvalue weighted by Crippen LogP contribution is -2.27. The van der Waals surface area contributed by atoms with E-state index in [0.29, 0.717) is 11.8 Å². The second kappa shape index (κ2) is 4.96. The Bertz CT molecular complexity index is 238. The number of rotatable bonds is 8. The zero-order chi connectivity index (χ0) is 10.6. The molecule has 15 heavy (non-hydrogen) atoms. The van der Waals surface area contributed by atoms with Crippen molar-refractivity contribution in [2.75, 3.05) is 26.3 Å². The molecule has 0 atom stereocenters. The Morgan fingerprint density at radius 3 is 2.80 bits per heavy atom. The van der Waals surface area contributed by atoms with Gasteiger partial charge in [-0.1, -0.05) is 0 Å². The number of hydrogen-bond donors (Lipinski definition) is 1. The summed E-state index contributed by atoms with van der Waals surface area (Å²) in [6, 6.07) is 2.27. The van der Waals surface area contributed by atoms with Gasteiger partial charge in [0.2, 0.25) is 0 Å². The number of nitrogens with one attached hydrogen (secondary N) is 1. The van der Waals surface area contributed by atoms with E-state index in [4.69, 9.17) is 10.00 Å². The van der Waals surface area contributed by atoms with Crippen LogP contribution < -0.4 is 5.32 Å². The van der Waals surface area contributed by atoms with Crippen molar-refractivity contribution in [3.63, 3.8) is 0 Å². The molecule has 0 aromatic heterocycles. The molecule has 0 unspecified atom stereocenters. The first-order valence-corrected chi connectivity index (χ1v) is 6.00. The van der Waals surface area contributed by atoms with E-state index in [-0.39, 0.29) is 0 Å². The predicted octanol–water partition coefficient (Wildman–Crippen LogP) is 1.70. The minimum absolute atomic E-state index is 0.325. The van der Waals surface area contributed by atoms with Crippen molar-refractivity contribution in [2.45, 2.75) is 32.1 Å². The van der Waals surface area contributed by atoms with Gasteiger partial charge in [0.05, 0.1) is 12.7 Å². The third-order valence-corrected chi connectivity index (χ3v) is 3.38. The smallest absolute Gasteiger partial charge is 0.0628 e. The zero-order valence-corrected chi connectivity index (χ0v) is 9.30. The second-order valence-corrected chi connectivity index (χ2v) is 5.03. The molecule has 0 heterocycles. The van der Waals surface area contributed by atoms with Crippen LogP contribution in [0.25, 0.3) is 0 Å². The molecule has 0 aliphatic heterocycles. The molecule has 0 amide bonds. The predicted molar refractivity (Wildman–Crippen MR) is 58.3 cm³/mol. The summed E-state index contributed by atoms with van der Waals surface area (Å²) in [5, 5.41) is 12.0. The van der Waals surface area contributed by atoms with E-state index >= 15 is 0 Å². The maximum Gasteiger partial charge on any atom is 0.0628 e. The van der Waals surface area contributed by atoms with Crippen LogP contribution >= 0.6 is 0 Å². The van der Waals surface area contributed by atoms with Crippen LogP contribution in [0, 0.1) is 22.7 Å². The molecule has 0 aromatic rings. The van der Waals surface area contributed by atoms with Gasteiger partial charge in [-0.15, -0.1) is 0 Å². The molecule has 1 N–H and O–H groups in total. The van der Waals surface area contributed by atoms with Gasteiger partial charge in [-0.3, -0.25) is 0 Å². The number of nitrogens with zero attached hydrogens (tertiary/aromatic N) is 1. The van der Waals surface area contributed by atoms with E-state index in [1.54, 1.807) is 0 Å². The van der Waals surface area contributed by atoms with Gasteiger partial charge in [-0.25, -0.2) is 0 Å². The summed E-state index contributed by atoms with van der Waals surface area (Å²) in [5.41, 5.74) is 0.325. The van der Waals surface area contributed by atoms with E-state index in [0.717, 1.165) is 32.2 Å². The normalized spacial score (nSPS) is 22.3. The van der Waals surface area contributed by atoms with Crippen molar-refractivity contribution in [1.82, 2.24) is 5.32 Å². The molecule has 0 radical (unpaired) electrons. The third-order valence-electron chi connectivity index (χ3n) is 3.38. The summed E-state index contributed by atoms with van der Waals surface area (Å²) in [6.45, 7) is 3.69. The van der Waals surface area contributed by atoms with Gasteiger partial charge in [0.1, 0.15) is 0 Å². The summed E-state index contributed by atoms with van der Waals surface area (Å²) < 4.78 is 5.53. The quantitative estimate of drug-likeness (QED) is 0.617. The Balaban J connectivity index is 1.43. The average Bonchev–Trinajstić information content (AvgIpc) is 3.08. The fourth-order valence-electron chi connectivity index (χ4n) is 1.79. The average molecular weight is 208 g/mol. The molecule has 2 fully saturated rings. The van der Waals surface area contributed by atoms with Crippen LogP contribution in [0.5, 0.6) is 0 Å². The van der Waals surface area contributed by atoms with Gasteiger partial charge in [-0.05, 0) is 37.0 Å². The lowest BCUT2D eigenvalue weighted by Gasteiger charge is -2.12. The molecule has 2 aliphatic carbocycles. The molecule has 0 bridgehead atoms. The highest BCUT2D eigenvalue weighted by atomic mass is 16.5. The first-order chi connectivity index (χ1) is 7.35. The highest BCUT2D eigenvalue weighted by Gasteiger charge is 2.41. The number of hydrogen-bond acceptors (Lipinski definition) is 3. The highest BCUT2D eigenvalue weighted by Crippen LogP contribution is 2.47. The zero-order valence-electron chi connectivity index (χ0n) is 9.30. The van der Waals surface area contributed by atoms with Crippen LogP contribution in [0.1, 0.15) is 32.1 Å². The van der Waals surface area contributed by atoms with E-state index in [1.165, 1.54) is 25.7 Å². The standard InChI is InChI=1S/C12H20N2O/c13-6-5-12(3-4-12)10-14-7-8-15-9-11-1-2-11/h11,14H,1-5,7-10H2. The molecule has 2 rings (SSSR count). The SMILES string of the molecule is N#CCC1(CNCCOCC2CC2)CC1. The van der Waals surface area contributed by atoms with Gasteiger partial charge in [0.15, 0.2) is 0 Å². The van der Waals surface area contributed by atoms with E-state index in [2.05, 4.69) is 11.4 Å². The summed E-state index contributed by atoms with van der Waals surface area (Å²) in [7, 11) is 0. The number of ether oxygens (including phenoxy) is 1. The summed E-state index contributed by atoms with van der Waals surface area (Å²) in [5.74, 6) is 0.860. The Hall–Kier alpha value is -0.590. The van der Waals surface area contributed by atoms with Gasteiger partial charge >= 0.3 is 0 Å². The summed E-state index contributed by atoms with van der Waals surface area (Å²) in [4.78, 5) is 0. The van der Waals surface area contributed by atoms with Crippen LogP contribution in [0.2, 0.25) is 0 Å². The van der Waals surface area contributed by atoms with E-state index in [9.17, 15) is 0 Å². The molecule has 2 saturated carbocycles. The number of nitriles is 1. The van der Waals surface area contributed by atoms with Gasteiger partial charge < -0.3 is 10.1 Å². The van der Waals surface area contributed by atoms with Crippen molar-refractivity contribution in [3.05, 3.63) is 0 Å². The van der Waals surface area contributed by atoms with Crippen molar-refractivity contribution < 1.29 is 4.74 Å². The van der Waals surface area contributed by atoms with Gasteiger partial charge in [0, 0.05) is 26.1 Å². The third kappa shape index (κ3) is 3.81. The molecule has 84 valence electrons. The largest absolute Gasteiger partial charge is 0.380 e. The maximum absolute atomic E-state index is 8.65. The Labute approximate surface area is 91.8 Å². The van der Waals surface area contributed by atoms with Gasteiger partial charge in [-0.2, -0.15) is 5.26 Å². The molecule has 0 spiro atoms. The van der Waals surface area contributed by atoms with E-state index in [1.807, 2.05) is 0 Å². The Morgan fingerprint density at radius 2 is 2.20 bits per heavy atom. The van der Waals surface area contributed by atoms with Crippen LogP contribution in [-0.4, -0.2) is 26.3 Å². The van der Waals surface area contributed by atoms with Crippen molar-refractivity contribution >= 4 is 0 Å². The van der Waals surface area contributed by atoms with Crippen molar-refractivity contribution in [1.29, 1.82) is 5.26 Å². The lowest BCUT2D eigenvalue weighted by molar-refractivity contribution is 0.125. The Kier molecular flexibility index (Phi) is 3.61. The topological polar surface area (TPSA) is 45.0 Å². The fourth-order valence-corrected chi connectivity index (χ4v) is 1.79. The van der Waals surface area contributed by atoms with Crippen molar-refractivity contribution in [2.24, 2.45) is 11.3 Å². The Morgan fingerprint density at radius 1 is 1.40 bits per heavy atom. The molecule has 0 aromatic carbocycles. The molecule has 2 aliphatic rings. The molecular formula is C12H20N2O. The second-order valence-electron chi connectivity index (χ2n) is 5.03. The fraction of sp³-hybridized carbons (Fsp3) is 0.917. The first-order valence-electron chi connectivity index (χ1n) is 6.00. The summed E-state index contributed by atoms with van der Waals surface area (Å²) >= 11 is 0. The van der Waals surface area contributed by atoms with Crippen LogP contribution in [0.15, 0.2) is 0 Å². The monoisotopic (exact) mass is 208 g/mol. The van der Waals surface area contributed by atoms with Crippen molar-refractivity contribution in [3.8, 4) is 6.07 Å². The van der Waals surface area contributed by atoms with Crippen LogP contribution in [0.4, 0.5) is 0 Å². The molecule has 3 heteroatoms. The van der Waals surface area contributed by atoms with Gasteiger partial charge in [0.25, 0.3) is 0 Å². The van der Waals surface area contributed by atoms with E-state index < -0.39 is 0 Å². The molecular weight excluding hydrogens is 188 g/mol. The minimum atomic E-state index is 0.325. The van der Waals surface area contributed by atoms with Crippen LogP contribution in [-0.2, 0) is 4.74 Å². The lowest BCUT2D eigenvalue weighted by atomic mass is 10.0. The van der Waals surface area contributed by atoms with Crippen LogP contribution in [0.3, 0.4) is 0 Å². The molecule has 0 saturated heterocycles. The molecule has 3 nitrogen and oxygen atoms in total. The summed E-state index contributed by atoms with van der Waals surface area (Å²) in [6.07, 6.45) is 5.87.